The third-order valence-electron chi connectivity index (χ3n) is 4.66. The number of amides is 1. The Kier molecular flexibility index (Phi) is 6.32. The van der Waals surface area contributed by atoms with Crippen molar-refractivity contribution < 1.29 is 9.53 Å². The van der Waals surface area contributed by atoms with Crippen molar-refractivity contribution in [1.82, 2.24) is 14.5 Å². The number of aromatic nitrogens is 2. The molecule has 1 atom stereocenters. The van der Waals surface area contributed by atoms with Gasteiger partial charge in [0.2, 0.25) is 5.91 Å². The predicted molar refractivity (Wildman–Crippen MR) is 104 cm³/mol. The molecule has 1 saturated heterocycles. The van der Waals surface area contributed by atoms with E-state index in [1.54, 1.807) is 17.7 Å². The zero-order valence-electron chi connectivity index (χ0n) is 15.3. The normalized spacial score (nSPS) is 16.0. The number of hydrogen-bond acceptors (Lipinski definition) is 5. The largest absolute Gasteiger partial charge is 0.383 e. The molecule has 140 valence electrons. The van der Waals surface area contributed by atoms with Crippen LogP contribution in [0.25, 0.3) is 10.9 Å². The molecule has 26 heavy (non-hydrogen) atoms. The van der Waals surface area contributed by atoms with Crippen LogP contribution in [0.1, 0.15) is 32.2 Å². The molecular formula is C19H25N3O3S. The first-order valence-corrected chi connectivity index (χ1v) is 10.0. The van der Waals surface area contributed by atoms with Gasteiger partial charge in [0.05, 0.1) is 29.3 Å². The second-order valence-corrected chi connectivity index (χ2v) is 7.56. The first kappa shape index (κ1) is 18.9. The second kappa shape index (κ2) is 8.68. The Morgan fingerprint density at radius 2 is 2.00 bits per heavy atom. The van der Waals surface area contributed by atoms with Gasteiger partial charge in [-0.2, -0.15) is 0 Å². The molecule has 0 spiro atoms. The van der Waals surface area contributed by atoms with Crippen LogP contribution in [0.4, 0.5) is 0 Å². The summed E-state index contributed by atoms with van der Waals surface area (Å²) in [4.78, 5) is 32.0. The fraction of sp³-hybridized carbons (Fsp3) is 0.526. The van der Waals surface area contributed by atoms with Gasteiger partial charge in [-0.25, -0.2) is 4.98 Å². The minimum absolute atomic E-state index is 0.0897. The van der Waals surface area contributed by atoms with Crippen molar-refractivity contribution in [2.24, 2.45) is 0 Å². The van der Waals surface area contributed by atoms with Gasteiger partial charge in [-0.15, -0.1) is 0 Å². The average Bonchev–Trinajstić information content (AvgIpc) is 2.67. The van der Waals surface area contributed by atoms with Gasteiger partial charge in [-0.05, 0) is 38.3 Å². The van der Waals surface area contributed by atoms with E-state index in [1.165, 1.54) is 18.2 Å². The lowest BCUT2D eigenvalue weighted by Crippen LogP contribution is -2.37. The first-order chi connectivity index (χ1) is 12.6. The molecular weight excluding hydrogens is 350 g/mol. The summed E-state index contributed by atoms with van der Waals surface area (Å²) in [6, 6.07) is 7.17. The monoisotopic (exact) mass is 375 g/mol. The van der Waals surface area contributed by atoms with E-state index in [1.807, 2.05) is 30.0 Å². The fourth-order valence-corrected chi connectivity index (χ4v) is 4.29. The minimum Gasteiger partial charge on any atom is -0.383 e. The number of fused-ring (bicyclic) bond motifs is 1. The molecule has 0 N–H and O–H groups in total. The number of nitrogens with zero attached hydrogens (tertiary/aromatic N) is 3. The molecule has 1 amide bonds. The second-order valence-electron chi connectivity index (χ2n) is 6.62. The van der Waals surface area contributed by atoms with E-state index in [0.29, 0.717) is 28.4 Å². The SMILES string of the molecule is COC[C@@H](C)n1c(SCC(=O)N2CCCCC2)nc2ccccc2c1=O. The summed E-state index contributed by atoms with van der Waals surface area (Å²) in [5, 5.41) is 1.16. The molecule has 0 aliphatic carbocycles. The van der Waals surface area contributed by atoms with E-state index in [2.05, 4.69) is 4.98 Å². The number of methoxy groups -OCH3 is 1. The molecule has 0 saturated carbocycles. The van der Waals surface area contributed by atoms with E-state index < -0.39 is 0 Å². The highest BCUT2D eigenvalue weighted by Crippen LogP contribution is 2.22. The smallest absolute Gasteiger partial charge is 0.262 e. The Balaban J connectivity index is 1.88. The highest BCUT2D eigenvalue weighted by atomic mass is 32.2. The number of carbonyl (C=O) groups excluding carboxylic acids is 1. The summed E-state index contributed by atoms with van der Waals surface area (Å²) in [7, 11) is 1.61. The van der Waals surface area contributed by atoms with Crippen molar-refractivity contribution in [3.63, 3.8) is 0 Å². The number of benzene rings is 1. The molecule has 1 aliphatic heterocycles. The zero-order chi connectivity index (χ0) is 18.5. The maximum atomic E-state index is 13.0. The molecule has 1 fully saturated rings. The molecule has 3 rings (SSSR count). The van der Waals surface area contributed by atoms with Crippen molar-refractivity contribution in [2.45, 2.75) is 37.4 Å². The third kappa shape index (κ3) is 4.10. The highest BCUT2D eigenvalue weighted by molar-refractivity contribution is 7.99. The summed E-state index contributed by atoms with van der Waals surface area (Å²) in [6.07, 6.45) is 3.33. The van der Waals surface area contributed by atoms with Gasteiger partial charge in [-0.3, -0.25) is 14.2 Å². The molecule has 1 aliphatic rings. The molecule has 2 heterocycles. The van der Waals surface area contributed by atoms with Crippen LogP contribution in [0, 0.1) is 0 Å². The Labute approximate surface area is 157 Å². The maximum Gasteiger partial charge on any atom is 0.262 e. The highest BCUT2D eigenvalue weighted by Gasteiger charge is 2.20. The van der Waals surface area contributed by atoms with Gasteiger partial charge >= 0.3 is 0 Å². The van der Waals surface area contributed by atoms with Gasteiger partial charge < -0.3 is 9.64 Å². The summed E-state index contributed by atoms with van der Waals surface area (Å²) >= 11 is 1.34. The average molecular weight is 375 g/mol. The Morgan fingerprint density at radius 1 is 1.27 bits per heavy atom. The van der Waals surface area contributed by atoms with Gasteiger partial charge in [-0.1, -0.05) is 23.9 Å². The van der Waals surface area contributed by atoms with Gasteiger partial charge in [0.1, 0.15) is 0 Å². The van der Waals surface area contributed by atoms with E-state index in [0.717, 1.165) is 25.9 Å². The van der Waals surface area contributed by atoms with Crippen LogP contribution in [0.5, 0.6) is 0 Å². The molecule has 7 heteroatoms. The van der Waals surface area contributed by atoms with Crippen molar-refractivity contribution in [3.8, 4) is 0 Å². The summed E-state index contributed by atoms with van der Waals surface area (Å²) in [6.45, 7) is 4.00. The Morgan fingerprint density at radius 3 is 2.73 bits per heavy atom. The van der Waals surface area contributed by atoms with E-state index >= 15 is 0 Å². The quantitative estimate of drug-likeness (QED) is 0.574. The fourth-order valence-electron chi connectivity index (χ4n) is 3.29. The molecule has 1 aromatic carbocycles. The number of piperidine rings is 1. The lowest BCUT2D eigenvalue weighted by Gasteiger charge is -2.26. The van der Waals surface area contributed by atoms with Crippen LogP contribution in [0.15, 0.2) is 34.2 Å². The number of rotatable bonds is 6. The topological polar surface area (TPSA) is 64.4 Å². The lowest BCUT2D eigenvalue weighted by molar-refractivity contribution is -0.129. The standard InChI is InChI=1S/C19H25N3O3S/c1-14(12-25-2)22-18(24)15-8-4-5-9-16(15)20-19(22)26-13-17(23)21-10-6-3-7-11-21/h4-5,8-9,14H,3,6-7,10-13H2,1-2H3/t14-/m1/s1. The van der Waals surface area contributed by atoms with E-state index in [9.17, 15) is 9.59 Å². The first-order valence-electron chi connectivity index (χ1n) is 9.02. The van der Waals surface area contributed by atoms with Crippen LogP contribution in [0.2, 0.25) is 0 Å². The van der Waals surface area contributed by atoms with E-state index in [4.69, 9.17) is 4.74 Å². The summed E-state index contributed by atoms with van der Waals surface area (Å²) in [5.41, 5.74) is 0.569. The lowest BCUT2D eigenvalue weighted by atomic mass is 10.1. The molecule has 1 aromatic heterocycles. The number of thioether (sulfide) groups is 1. The number of ether oxygens (including phenoxy) is 1. The number of carbonyl (C=O) groups is 1. The van der Waals surface area contributed by atoms with Crippen LogP contribution >= 0.6 is 11.8 Å². The van der Waals surface area contributed by atoms with Crippen molar-refractivity contribution in [2.75, 3.05) is 32.6 Å². The van der Waals surface area contributed by atoms with Gasteiger partial charge in [0.15, 0.2) is 5.16 Å². The van der Waals surface area contributed by atoms with Gasteiger partial charge in [0, 0.05) is 20.2 Å². The van der Waals surface area contributed by atoms with Crippen molar-refractivity contribution >= 4 is 28.6 Å². The predicted octanol–water partition coefficient (Wildman–Crippen LogP) is 2.71. The number of likely N-dealkylation sites (tertiary alicyclic amines) is 1. The van der Waals surface area contributed by atoms with Crippen LogP contribution in [-0.2, 0) is 9.53 Å². The van der Waals surface area contributed by atoms with Crippen LogP contribution in [-0.4, -0.2) is 52.9 Å². The summed E-state index contributed by atoms with van der Waals surface area (Å²) in [5.74, 6) is 0.410. The molecule has 0 unspecified atom stereocenters. The van der Waals surface area contributed by atoms with Gasteiger partial charge in [0.25, 0.3) is 5.56 Å². The molecule has 2 aromatic rings. The minimum atomic E-state index is -0.155. The number of hydrogen-bond donors (Lipinski definition) is 0. The Hall–Kier alpha value is -1.86. The van der Waals surface area contributed by atoms with Crippen LogP contribution < -0.4 is 5.56 Å². The van der Waals surface area contributed by atoms with Crippen molar-refractivity contribution in [1.29, 1.82) is 0 Å². The Bertz CT molecular complexity index is 830. The molecule has 0 radical (unpaired) electrons. The maximum absolute atomic E-state index is 13.0. The number of para-hydroxylation sites is 1. The van der Waals surface area contributed by atoms with E-state index in [-0.39, 0.29) is 17.5 Å². The summed E-state index contributed by atoms with van der Waals surface area (Å²) < 4.78 is 6.88. The molecule has 6 nitrogen and oxygen atoms in total. The third-order valence-corrected chi connectivity index (χ3v) is 5.60. The van der Waals surface area contributed by atoms with Crippen molar-refractivity contribution in [3.05, 3.63) is 34.6 Å². The molecule has 0 bridgehead atoms. The zero-order valence-corrected chi connectivity index (χ0v) is 16.1. The van der Waals surface area contributed by atoms with Crippen LogP contribution in [0.3, 0.4) is 0 Å².